The lowest BCUT2D eigenvalue weighted by Crippen LogP contribution is -2.28. The first-order valence-corrected chi connectivity index (χ1v) is 25.2. The molecule has 0 aliphatic carbocycles. The third-order valence-electron chi connectivity index (χ3n) is 13.6. The molecule has 0 atom stereocenters. The van der Waals surface area contributed by atoms with Crippen LogP contribution >= 0.6 is 14.9 Å². The van der Waals surface area contributed by atoms with E-state index in [-0.39, 0.29) is 23.6 Å². The topological polar surface area (TPSA) is 129 Å². The van der Waals surface area contributed by atoms with Gasteiger partial charge in [-0.1, -0.05) is 109 Å². The maximum absolute atomic E-state index is 15.6. The highest BCUT2D eigenvalue weighted by molar-refractivity contribution is 7.69. The number of carbonyl (C=O) groups excluding carboxylic acids is 4. The lowest BCUT2D eigenvalue weighted by molar-refractivity contribution is -0.135. The summed E-state index contributed by atoms with van der Waals surface area (Å²) >= 11 is 0. The Hall–Kier alpha value is -8.30. The first-order chi connectivity index (χ1) is 33.0. The summed E-state index contributed by atoms with van der Waals surface area (Å²) in [6.07, 6.45) is 0. The van der Waals surface area contributed by atoms with Crippen LogP contribution in [-0.2, 0) is 28.3 Å². The van der Waals surface area contributed by atoms with Gasteiger partial charge in [0.15, 0.2) is 0 Å². The van der Waals surface area contributed by atoms with Crippen LogP contribution in [0, 0.1) is 0 Å². The van der Waals surface area contributed by atoms with E-state index >= 15 is 9.13 Å². The Kier molecular flexibility index (Phi) is 8.30. The van der Waals surface area contributed by atoms with Crippen molar-refractivity contribution in [3.05, 3.63) is 205 Å². The first-order valence-electron chi connectivity index (χ1n) is 21.9. The van der Waals surface area contributed by atoms with Gasteiger partial charge in [-0.3, -0.25) is 55.5 Å². The largest absolute Gasteiger partial charge is 0.301 e. The van der Waals surface area contributed by atoms with Gasteiger partial charge in [0.25, 0.3) is 23.6 Å². The second kappa shape index (κ2) is 14.1. The number of imide groups is 2. The van der Waals surface area contributed by atoms with E-state index in [2.05, 4.69) is 0 Å². The molecule has 4 aromatic heterocycles. The van der Waals surface area contributed by atoms with E-state index in [4.69, 9.17) is 0 Å². The van der Waals surface area contributed by atoms with E-state index in [1.165, 1.54) is 14.1 Å². The van der Waals surface area contributed by atoms with Crippen LogP contribution in [0.4, 0.5) is 0 Å². The Morgan fingerprint density at radius 1 is 0.309 bits per heavy atom. The monoisotopic (exact) mass is 926 g/mol. The number of likely N-dealkylation sites (N-methyl/N-ethyl adjacent to an activating group) is 2. The number of nitrogens with zero attached hydrogens (tertiary/aromatic N) is 6. The van der Waals surface area contributed by atoms with Crippen molar-refractivity contribution >= 4 is 115 Å². The lowest BCUT2D eigenvalue weighted by Gasteiger charge is -2.26. The summed E-state index contributed by atoms with van der Waals surface area (Å²) in [4.78, 5) is 56.1. The number of benzene rings is 6. The Balaban J connectivity index is 0.000000134. The van der Waals surface area contributed by atoms with Crippen LogP contribution in [0.5, 0.6) is 0 Å². The predicted octanol–water partition coefficient (Wildman–Crippen LogP) is 9.47. The molecule has 8 heterocycles. The third kappa shape index (κ3) is 5.05. The van der Waals surface area contributed by atoms with E-state index in [9.17, 15) is 19.2 Å². The number of fused-ring (bicyclic) bond motifs is 16. The summed E-state index contributed by atoms with van der Waals surface area (Å²) in [7, 11) is -4.29. The normalized spacial score (nSPS) is 16.7. The number of para-hydroxylation sites is 4. The van der Waals surface area contributed by atoms with Gasteiger partial charge in [0.2, 0.25) is 0 Å². The molecule has 10 aromatic rings. The SMILES string of the molecule is CN1C(=O)C2=C(C1=O)c1cc3ccccc3n1P(=O)(c1ccccc1)n1c2cc2ccccc21.CN1C(=O)C2=C(C1=O)c1cc3ccccc3n1P(=O)(c1ccccc1)n1c2cc2ccccc21. The second-order valence-corrected chi connectivity index (χ2v) is 22.0. The van der Waals surface area contributed by atoms with Crippen LogP contribution < -0.4 is 10.6 Å². The number of aromatic nitrogens is 4. The third-order valence-corrected chi connectivity index (χ3v) is 19.4. The zero-order chi connectivity index (χ0) is 46.4. The van der Waals surface area contributed by atoms with Crippen LogP contribution in [-0.4, -0.2) is 64.9 Å². The minimum absolute atomic E-state index is 0.293. The molecule has 0 radical (unpaired) electrons. The highest BCUT2D eigenvalue weighted by Gasteiger charge is 2.49. The van der Waals surface area contributed by atoms with Crippen molar-refractivity contribution in [2.75, 3.05) is 14.1 Å². The van der Waals surface area contributed by atoms with Gasteiger partial charge in [0.05, 0.1) is 77.7 Å². The summed E-state index contributed by atoms with van der Waals surface area (Å²) in [6.45, 7) is 0. The van der Waals surface area contributed by atoms with Crippen LogP contribution in [0.1, 0.15) is 22.8 Å². The van der Waals surface area contributed by atoms with E-state index in [0.717, 1.165) is 53.4 Å². The Morgan fingerprint density at radius 2 is 0.529 bits per heavy atom. The number of rotatable bonds is 2. The van der Waals surface area contributed by atoms with Gasteiger partial charge in [-0.25, -0.2) is 0 Å². The first kappa shape index (κ1) is 40.0. The molecule has 12 nitrogen and oxygen atoms in total. The van der Waals surface area contributed by atoms with Gasteiger partial charge in [-0.15, -0.1) is 0 Å². The molecule has 0 saturated heterocycles. The summed E-state index contributed by atoms with van der Waals surface area (Å²) in [6, 6.07) is 56.8. The Morgan fingerprint density at radius 3 is 0.779 bits per heavy atom. The van der Waals surface area contributed by atoms with Crippen LogP contribution in [0.15, 0.2) is 182 Å². The van der Waals surface area contributed by atoms with Crippen molar-refractivity contribution in [3.63, 3.8) is 0 Å². The minimum atomic E-state index is -3.64. The maximum atomic E-state index is 15.6. The van der Waals surface area contributed by atoms with Gasteiger partial charge in [-0.2, -0.15) is 0 Å². The Labute approximate surface area is 387 Å². The molecule has 0 N–H and O–H groups in total. The molecule has 4 aliphatic rings. The van der Waals surface area contributed by atoms with Crippen molar-refractivity contribution < 1.29 is 28.3 Å². The second-order valence-electron chi connectivity index (χ2n) is 17.2. The van der Waals surface area contributed by atoms with E-state index in [1.54, 1.807) is 17.4 Å². The number of hydrogen-bond acceptors (Lipinski definition) is 6. The van der Waals surface area contributed by atoms with Crippen LogP contribution in [0.2, 0.25) is 0 Å². The van der Waals surface area contributed by atoms with Crippen LogP contribution in [0.3, 0.4) is 0 Å². The highest BCUT2D eigenvalue weighted by Crippen LogP contribution is 2.61. The molecule has 0 saturated carbocycles. The minimum Gasteiger partial charge on any atom is -0.277 e. The molecule has 6 aromatic carbocycles. The molecule has 0 spiro atoms. The lowest BCUT2D eigenvalue weighted by atomic mass is 10.0. The van der Waals surface area contributed by atoms with E-state index < -0.39 is 14.9 Å². The van der Waals surface area contributed by atoms with E-state index in [0.29, 0.717) is 55.7 Å². The fourth-order valence-electron chi connectivity index (χ4n) is 10.6. The summed E-state index contributed by atoms with van der Waals surface area (Å²) in [5.74, 6) is -1.55. The summed E-state index contributed by atoms with van der Waals surface area (Å²) in [5.41, 5.74) is 6.16. The molecule has 328 valence electrons. The zero-order valence-corrected chi connectivity index (χ0v) is 38.1. The number of carbonyl (C=O) groups is 4. The molecule has 4 amide bonds. The standard InChI is InChI=1S/2C27H18N3O3P/c2*1-28-26(31)24-22-15-17-9-5-7-13-20(17)29(22)34(33,19-11-3-2-4-12-19)30-21-14-8-6-10-18(21)16-23(30)25(24)27(28)32/h2*2-16H,1H3. The Bertz CT molecular complexity index is 3630. The molecule has 14 heteroatoms. The molecule has 4 aliphatic heterocycles. The maximum Gasteiger partial charge on any atom is 0.301 e. The average Bonchev–Trinajstić information content (AvgIpc) is 4.20. The molecule has 0 fully saturated rings. The fraction of sp³-hybridized carbons (Fsp3) is 0.0370. The average molecular weight is 927 g/mol. The molecule has 0 unspecified atom stereocenters. The zero-order valence-electron chi connectivity index (χ0n) is 36.3. The van der Waals surface area contributed by atoms with Gasteiger partial charge >= 0.3 is 14.9 Å². The van der Waals surface area contributed by atoms with Gasteiger partial charge < -0.3 is 0 Å². The van der Waals surface area contributed by atoms with Crippen molar-refractivity contribution in [2.45, 2.75) is 0 Å². The molecule has 14 rings (SSSR count). The number of hydrogen-bond donors (Lipinski definition) is 0. The number of amides is 4. The fourth-order valence-corrected chi connectivity index (χ4v) is 16.7. The van der Waals surface area contributed by atoms with Gasteiger partial charge in [0.1, 0.15) is 0 Å². The molecule has 68 heavy (non-hydrogen) atoms. The summed E-state index contributed by atoms with van der Waals surface area (Å²) in [5, 5.41) is 4.67. The van der Waals surface area contributed by atoms with Gasteiger partial charge in [-0.05, 0) is 72.8 Å². The summed E-state index contributed by atoms with van der Waals surface area (Å²) < 4.78 is 38.4. The predicted molar refractivity (Wildman–Crippen MR) is 266 cm³/mol. The quantitative estimate of drug-likeness (QED) is 0.126. The van der Waals surface area contributed by atoms with Crippen molar-refractivity contribution in [3.8, 4) is 0 Å². The van der Waals surface area contributed by atoms with Crippen molar-refractivity contribution in [1.82, 2.24) is 27.2 Å². The highest BCUT2D eigenvalue weighted by atomic mass is 31.2. The van der Waals surface area contributed by atoms with Gasteiger partial charge in [0, 0.05) is 35.6 Å². The molecular formula is C54H36N6O6P2. The molecular weight excluding hydrogens is 891 g/mol. The van der Waals surface area contributed by atoms with Crippen molar-refractivity contribution in [1.29, 1.82) is 0 Å². The van der Waals surface area contributed by atoms with E-state index in [1.807, 2.05) is 182 Å². The molecule has 0 bridgehead atoms. The smallest absolute Gasteiger partial charge is 0.277 e. The van der Waals surface area contributed by atoms with Crippen LogP contribution in [0.25, 0.3) is 65.9 Å². The van der Waals surface area contributed by atoms with Crippen molar-refractivity contribution in [2.24, 2.45) is 0 Å².